The van der Waals surface area contributed by atoms with Gasteiger partial charge in [0.2, 0.25) is 0 Å². The molecule has 1 aliphatic rings. The van der Waals surface area contributed by atoms with Gasteiger partial charge in [0.05, 0.1) is 15.7 Å². The normalized spacial score (nSPS) is 16.3. The van der Waals surface area contributed by atoms with Gasteiger partial charge in [0.25, 0.3) is 5.91 Å². The highest BCUT2D eigenvalue weighted by Crippen LogP contribution is 2.30. The third-order valence-electron chi connectivity index (χ3n) is 4.82. The molecule has 8 heteroatoms. The van der Waals surface area contributed by atoms with Gasteiger partial charge in [0.15, 0.2) is 0 Å². The van der Waals surface area contributed by atoms with E-state index in [4.69, 9.17) is 23.2 Å². The number of hydrogen-bond donors (Lipinski definition) is 1. The van der Waals surface area contributed by atoms with E-state index < -0.39 is 11.0 Å². The Hall–Kier alpha value is -2.41. The number of benzene rings is 2. The van der Waals surface area contributed by atoms with Crippen LogP contribution in [0, 0.1) is 0 Å². The van der Waals surface area contributed by atoms with E-state index in [0.29, 0.717) is 38.3 Å². The maximum absolute atomic E-state index is 12.7. The van der Waals surface area contributed by atoms with Crippen LogP contribution in [0.4, 0.5) is 11.4 Å². The molecule has 1 amide bonds. The zero-order chi connectivity index (χ0) is 21.1. The van der Waals surface area contributed by atoms with Crippen LogP contribution in [-0.2, 0) is 11.0 Å². The lowest BCUT2D eigenvalue weighted by molar-refractivity contribution is 0.102. The number of carbonyl (C=O) groups excluding carboxylic acids is 1. The monoisotopic (exact) mass is 459 g/mol. The summed E-state index contributed by atoms with van der Waals surface area (Å²) >= 11 is 12.2. The highest BCUT2D eigenvalue weighted by molar-refractivity contribution is 7.86. The minimum atomic E-state index is -0.996. The molecule has 3 aromatic rings. The Kier molecular flexibility index (Phi) is 6.37. The molecule has 4 rings (SSSR count). The van der Waals surface area contributed by atoms with Gasteiger partial charge in [-0.15, -0.1) is 0 Å². The molecular formula is C22H19Cl2N3O2S. The average molecular weight is 460 g/mol. The number of hydrogen-bond acceptors (Lipinski definition) is 3. The van der Waals surface area contributed by atoms with E-state index in [1.165, 1.54) is 0 Å². The minimum Gasteiger partial charge on any atom is -0.322 e. The highest BCUT2D eigenvalue weighted by Gasteiger charge is 2.18. The molecule has 1 atom stereocenters. The van der Waals surface area contributed by atoms with Gasteiger partial charge in [-0.25, -0.2) is 4.21 Å². The molecule has 1 aromatic heterocycles. The lowest BCUT2D eigenvalue weighted by Crippen LogP contribution is -2.32. The van der Waals surface area contributed by atoms with Gasteiger partial charge in [-0.05, 0) is 67.4 Å². The van der Waals surface area contributed by atoms with Gasteiger partial charge in [-0.1, -0.05) is 23.2 Å². The number of aromatic nitrogens is 1. The molecule has 1 unspecified atom stereocenters. The van der Waals surface area contributed by atoms with Crippen LogP contribution in [-0.4, -0.2) is 27.4 Å². The number of nitrogens with zero attached hydrogens (tertiary/aromatic N) is 2. The summed E-state index contributed by atoms with van der Waals surface area (Å²) in [6.07, 6.45) is 3.56. The van der Waals surface area contributed by atoms with Crippen molar-refractivity contribution < 1.29 is 9.00 Å². The Morgan fingerprint density at radius 1 is 1.03 bits per heavy atom. The molecule has 1 saturated heterocycles. The molecule has 154 valence electrons. The van der Waals surface area contributed by atoms with Crippen molar-refractivity contribution in [1.82, 2.24) is 4.98 Å². The Morgan fingerprint density at radius 3 is 2.53 bits per heavy atom. The van der Waals surface area contributed by atoms with Gasteiger partial charge in [0.1, 0.15) is 11.0 Å². The van der Waals surface area contributed by atoms with Crippen molar-refractivity contribution in [3.8, 4) is 11.3 Å². The SMILES string of the molecule is O=C(Nc1ccc(Cl)c(-c2ccc(Cl)cn2)c1)c1ccc(N2CCCCS2=O)cc1. The molecule has 0 bridgehead atoms. The van der Waals surface area contributed by atoms with Crippen molar-refractivity contribution in [2.24, 2.45) is 0 Å². The first-order chi connectivity index (χ1) is 14.5. The fourth-order valence-electron chi connectivity index (χ4n) is 3.26. The molecule has 1 fully saturated rings. The molecule has 1 N–H and O–H groups in total. The smallest absolute Gasteiger partial charge is 0.255 e. The molecule has 2 aromatic carbocycles. The first-order valence-electron chi connectivity index (χ1n) is 9.50. The fourth-order valence-corrected chi connectivity index (χ4v) is 4.94. The van der Waals surface area contributed by atoms with Gasteiger partial charge < -0.3 is 5.32 Å². The molecule has 2 heterocycles. The summed E-state index contributed by atoms with van der Waals surface area (Å²) < 4.78 is 14.1. The molecular weight excluding hydrogens is 441 g/mol. The number of anilines is 2. The quantitative estimate of drug-likeness (QED) is 0.554. The van der Waals surface area contributed by atoms with Crippen LogP contribution in [0.25, 0.3) is 11.3 Å². The van der Waals surface area contributed by atoms with Crippen molar-refractivity contribution >= 4 is 51.5 Å². The first kappa shape index (κ1) is 20.8. The predicted molar refractivity (Wildman–Crippen MR) is 124 cm³/mol. The zero-order valence-corrected chi connectivity index (χ0v) is 18.3. The maximum atomic E-state index is 12.7. The van der Waals surface area contributed by atoms with Crippen LogP contribution < -0.4 is 9.62 Å². The number of amides is 1. The van der Waals surface area contributed by atoms with E-state index in [1.54, 1.807) is 48.7 Å². The lowest BCUT2D eigenvalue weighted by atomic mass is 10.1. The maximum Gasteiger partial charge on any atom is 0.255 e. The van der Waals surface area contributed by atoms with Crippen molar-refractivity contribution in [2.45, 2.75) is 12.8 Å². The largest absolute Gasteiger partial charge is 0.322 e. The third-order valence-corrected chi connectivity index (χ3v) is 6.90. The van der Waals surface area contributed by atoms with E-state index in [0.717, 1.165) is 25.1 Å². The van der Waals surface area contributed by atoms with Crippen LogP contribution >= 0.6 is 23.2 Å². The number of halogens is 2. The van der Waals surface area contributed by atoms with E-state index in [9.17, 15) is 9.00 Å². The van der Waals surface area contributed by atoms with Crippen molar-refractivity contribution in [3.63, 3.8) is 0 Å². The number of carbonyl (C=O) groups is 1. The Balaban J connectivity index is 1.50. The van der Waals surface area contributed by atoms with Gasteiger partial charge in [-0.2, -0.15) is 0 Å². The molecule has 1 aliphatic heterocycles. The predicted octanol–water partition coefficient (Wildman–Crippen LogP) is 5.57. The average Bonchev–Trinajstić information content (AvgIpc) is 2.76. The second kappa shape index (κ2) is 9.16. The summed E-state index contributed by atoms with van der Waals surface area (Å²) in [5.74, 6) is 0.447. The van der Waals surface area contributed by atoms with E-state index in [-0.39, 0.29) is 5.91 Å². The molecule has 0 saturated carbocycles. The first-order valence-corrected chi connectivity index (χ1v) is 11.5. The Bertz CT molecular complexity index is 1090. The van der Waals surface area contributed by atoms with Crippen LogP contribution in [0.3, 0.4) is 0 Å². The van der Waals surface area contributed by atoms with Gasteiger partial charge >= 0.3 is 0 Å². The summed E-state index contributed by atoms with van der Waals surface area (Å²) in [6.45, 7) is 0.768. The molecule has 30 heavy (non-hydrogen) atoms. The molecule has 0 aliphatic carbocycles. The van der Waals surface area contributed by atoms with Gasteiger partial charge in [0, 0.05) is 41.0 Å². The summed E-state index contributed by atoms with van der Waals surface area (Å²) in [4.78, 5) is 17.0. The van der Waals surface area contributed by atoms with Crippen LogP contribution in [0.5, 0.6) is 0 Å². The van der Waals surface area contributed by atoms with Crippen molar-refractivity contribution in [1.29, 1.82) is 0 Å². The number of nitrogens with one attached hydrogen (secondary N) is 1. The molecule has 0 spiro atoms. The standard InChI is InChI=1S/C22H19Cl2N3O2S/c23-16-5-10-21(25-14-16)19-13-17(6-9-20(19)24)26-22(28)15-3-7-18(8-4-15)27-11-1-2-12-30(27)29/h3-10,13-14H,1-2,11-12H2,(H,26,28). The number of pyridine rings is 1. The van der Waals surface area contributed by atoms with Crippen molar-refractivity contribution in [3.05, 3.63) is 76.4 Å². The Labute approximate surface area is 187 Å². The van der Waals surface area contributed by atoms with E-state index >= 15 is 0 Å². The topological polar surface area (TPSA) is 62.3 Å². The number of rotatable bonds is 4. The molecule has 5 nitrogen and oxygen atoms in total. The van der Waals surface area contributed by atoms with E-state index in [1.807, 2.05) is 16.4 Å². The van der Waals surface area contributed by atoms with Gasteiger partial charge in [-0.3, -0.25) is 14.1 Å². The summed E-state index contributed by atoms with van der Waals surface area (Å²) in [6, 6.07) is 15.9. The summed E-state index contributed by atoms with van der Waals surface area (Å²) in [5.41, 5.74) is 3.36. The van der Waals surface area contributed by atoms with Crippen LogP contribution in [0.1, 0.15) is 23.2 Å². The molecule has 0 radical (unpaired) electrons. The third kappa shape index (κ3) is 4.67. The van der Waals surface area contributed by atoms with Crippen LogP contribution in [0.15, 0.2) is 60.8 Å². The van der Waals surface area contributed by atoms with E-state index in [2.05, 4.69) is 10.3 Å². The van der Waals surface area contributed by atoms with Crippen molar-refractivity contribution in [2.75, 3.05) is 21.9 Å². The summed E-state index contributed by atoms with van der Waals surface area (Å²) in [7, 11) is -0.996. The second-order valence-electron chi connectivity index (χ2n) is 6.89. The fraction of sp³-hybridized carbons (Fsp3) is 0.182. The minimum absolute atomic E-state index is 0.237. The van der Waals surface area contributed by atoms with Crippen LogP contribution in [0.2, 0.25) is 10.0 Å². The lowest BCUT2D eigenvalue weighted by Gasteiger charge is -2.27. The Morgan fingerprint density at radius 2 is 1.83 bits per heavy atom. The zero-order valence-electron chi connectivity index (χ0n) is 16.0. The second-order valence-corrected chi connectivity index (χ2v) is 9.23. The summed E-state index contributed by atoms with van der Waals surface area (Å²) in [5, 5.41) is 3.96. The highest BCUT2D eigenvalue weighted by atomic mass is 35.5.